The van der Waals surface area contributed by atoms with Crippen molar-refractivity contribution in [1.29, 1.82) is 0 Å². The van der Waals surface area contributed by atoms with E-state index in [1.807, 2.05) is 17.0 Å². The van der Waals surface area contributed by atoms with E-state index < -0.39 is 0 Å². The predicted octanol–water partition coefficient (Wildman–Crippen LogP) is 2.77. The normalized spacial score (nSPS) is 27.2. The van der Waals surface area contributed by atoms with Gasteiger partial charge >= 0.3 is 0 Å². The van der Waals surface area contributed by atoms with Crippen molar-refractivity contribution in [3.63, 3.8) is 0 Å². The average Bonchev–Trinajstić information content (AvgIpc) is 2.96. The molecule has 1 aliphatic heterocycles. The fourth-order valence-electron chi connectivity index (χ4n) is 3.61. The fourth-order valence-corrected chi connectivity index (χ4v) is 3.61. The highest BCUT2D eigenvalue weighted by Crippen LogP contribution is 2.26. The molecule has 1 heterocycles. The van der Waals surface area contributed by atoms with Crippen LogP contribution in [0, 0.1) is 0 Å². The number of aliphatic hydroxyl groups excluding tert-OH is 1. The standard InChI is InChI=1S/C18H26N2O2/c1-13(19-16-8-2-3-9-17(16)21)14-6-4-7-15(12-14)20-11-5-10-18(20)22/h4,6-7,12-13,16-17,19,21H,2-3,5,8-11H2,1H3. The molecular weight excluding hydrogens is 276 g/mol. The van der Waals surface area contributed by atoms with Gasteiger partial charge in [-0.05, 0) is 43.9 Å². The lowest BCUT2D eigenvalue weighted by molar-refractivity contribution is -0.117. The van der Waals surface area contributed by atoms with E-state index in [4.69, 9.17) is 0 Å². The Morgan fingerprint density at radius 3 is 2.82 bits per heavy atom. The molecule has 1 aromatic carbocycles. The lowest BCUT2D eigenvalue weighted by atomic mass is 9.91. The molecular formula is C18H26N2O2. The van der Waals surface area contributed by atoms with Crippen LogP contribution in [0.2, 0.25) is 0 Å². The van der Waals surface area contributed by atoms with Gasteiger partial charge in [-0.2, -0.15) is 0 Å². The number of nitrogens with one attached hydrogen (secondary N) is 1. The molecule has 2 fully saturated rings. The Labute approximate surface area is 132 Å². The van der Waals surface area contributed by atoms with E-state index in [9.17, 15) is 9.90 Å². The molecule has 2 N–H and O–H groups in total. The van der Waals surface area contributed by atoms with Crippen LogP contribution in [0.15, 0.2) is 24.3 Å². The van der Waals surface area contributed by atoms with Crippen molar-refractivity contribution in [2.45, 2.75) is 63.6 Å². The SMILES string of the molecule is CC(NC1CCCCC1O)c1cccc(N2CCCC2=O)c1. The van der Waals surface area contributed by atoms with Crippen LogP contribution in [0.1, 0.15) is 57.1 Å². The smallest absolute Gasteiger partial charge is 0.227 e. The van der Waals surface area contributed by atoms with E-state index in [0.29, 0.717) is 6.42 Å². The molecule has 0 radical (unpaired) electrons. The minimum Gasteiger partial charge on any atom is -0.392 e. The number of amides is 1. The second kappa shape index (κ2) is 6.80. The Bertz CT molecular complexity index is 532. The average molecular weight is 302 g/mol. The van der Waals surface area contributed by atoms with E-state index >= 15 is 0 Å². The van der Waals surface area contributed by atoms with E-state index in [0.717, 1.165) is 37.9 Å². The second-order valence-corrected chi connectivity index (χ2v) is 6.59. The summed E-state index contributed by atoms with van der Waals surface area (Å²) in [5, 5.41) is 13.7. The molecule has 3 atom stereocenters. The number of nitrogens with zero attached hydrogens (tertiary/aromatic N) is 1. The highest BCUT2D eigenvalue weighted by atomic mass is 16.3. The van der Waals surface area contributed by atoms with Crippen LogP contribution < -0.4 is 10.2 Å². The molecule has 4 nitrogen and oxygen atoms in total. The molecule has 2 aliphatic rings. The zero-order chi connectivity index (χ0) is 15.5. The van der Waals surface area contributed by atoms with Crippen molar-refractivity contribution in [1.82, 2.24) is 5.32 Å². The van der Waals surface area contributed by atoms with Gasteiger partial charge in [0.05, 0.1) is 6.10 Å². The van der Waals surface area contributed by atoms with Crippen LogP contribution in [0.4, 0.5) is 5.69 Å². The largest absolute Gasteiger partial charge is 0.392 e. The number of aliphatic hydroxyl groups is 1. The van der Waals surface area contributed by atoms with Gasteiger partial charge in [-0.25, -0.2) is 0 Å². The van der Waals surface area contributed by atoms with Crippen molar-refractivity contribution in [2.75, 3.05) is 11.4 Å². The Balaban J connectivity index is 1.69. The Morgan fingerprint density at radius 2 is 2.09 bits per heavy atom. The molecule has 1 saturated carbocycles. The molecule has 3 rings (SSSR count). The van der Waals surface area contributed by atoms with Gasteiger partial charge in [-0.3, -0.25) is 4.79 Å². The topological polar surface area (TPSA) is 52.6 Å². The Kier molecular flexibility index (Phi) is 4.79. The third kappa shape index (κ3) is 3.33. The summed E-state index contributed by atoms with van der Waals surface area (Å²) in [4.78, 5) is 13.8. The van der Waals surface area contributed by atoms with E-state index in [1.165, 1.54) is 12.0 Å². The van der Waals surface area contributed by atoms with Crippen LogP contribution in [0.5, 0.6) is 0 Å². The zero-order valence-electron chi connectivity index (χ0n) is 13.3. The summed E-state index contributed by atoms with van der Waals surface area (Å²) in [6.45, 7) is 2.96. The van der Waals surface area contributed by atoms with Crippen molar-refractivity contribution in [3.8, 4) is 0 Å². The van der Waals surface area contributed by atoms with Crippen molar-refractivity contribution < 1.29 is 9.90 Å². The van der Waals surface area contributed by atoms with Crippen LogP contribution >= 0.6 is 0 Å². The maximum absolute atomic E-state index is 11.9. The summed E-state index contributed by atoms with van der Waals surface area (Å²) < 4.78 is 0. The maximum atomic E-state index is 11.9. The number of benzene rings is 1. The van der Waals surface area contributed by atoms with Crippen molar-refractivity contribution in [2.24, 2.45) is 0 Å². The fraction of sp³-hybridized carbons (Fsp3) is 0.611. The molecule has 4 heteroatoms. The van der Waals surface area contributed by atoms with Crippen molar-refractivity contribution >= 4 is 11.6 Å². The number of anilines is 1. The third-order valence-electron chi connectivity index (χ3n) is 4.95. The summed E-state index contributed by atoms with van der Waals surface area (Å²) in [5.41, 5.74) is 2.17. The highest BCUT2D eigenvalue weighted by Gasteiger charge is 2.25. The van der Waals surface area contributed by atoms with Crippen LogP contribution in [-0.2, 0) is 4.79 Å². The minimum absolute atomic E-state index is 0.176. The zero-order valence-corrected chi connectivity index (χ0v) is 13.3. The highest BCUT2D eigenvalue weighted by molar-refractivity contribution is 5.95. The summed E-state index contributed by atoms with van der Waals surface area (Å²) >= 11 is 0. The second-order valence-electron chi connectivity index (χ2n) is 6.59. The van der Waals surface area contributed by atoms with Gasteiger partial charge in [0.2, 0.25) is 5.91 Å². The lowest BCUT2D eigenvalue weighted by Gasteiger charge is -2.31. The summed E-state index contributed by atoms with van der Waals surface area (Å²) in [6.07, 6.45) is 5.61. The molecule has 0 aromatic heterocycles. The first-order valence-electron chi connectivity index (χ1n) is 8.49. The van der Waals surface area contributed by atoms with E-state index in [1.54, 1.807) is 0 Å². The number of hydrogen-bond acceptors (Lipinski definition) is 3. The van der Waals surface area contributed by atoms with Gasteiger partial charge in [0, 0.05) is 30.7 Å². The van der Waals surface area contributed by atoms with Crippen LogP contribution in [0.25, 0.3) is 0 Å². The maximum Gasteiger partial charge on any atom is 0.227 e. The molecule has 1 amide bonds. The molecule has 3 unspecified atom stereocenters. The van der Waals surface area contributed by atoms with Gasteiger partial charge in [0.15, 0.2) is 0 Å². The predicted molar refractivity (Wildman–Crippen MR) is 87.8 cm³/mol. The Morgan fingerprint density at radius 1 is 1.27 bits per heavy atom. The summed E-state index contributed by atoms with van der Waals surface area (Å²) in [5.74, 6) is 0.223. The molecule has 0 bridgehead atoms. The molecule has 1 aliphatic carbocycles. The number of hydrogen-bond donors (Lipinski definition) is 2. The van der Waals surface area contributed by atoms with E-state index in [2.05, 4.69) is 24.4 Å². The number of carbonyl (C=O) groups excluding carboxylic acids is 1. The van der Waals surface area contributed by atoms with Gasteiger partial charge < -0.3 is 15.3 Å². The lowest BCUT2D eigenvalue weighted by Crippen LogP contribution is -2.43. The van der Waals surface area contributed by atoms with Gasteiger partial charge in [0.25, 0.3) is 0 Å². The molecule has 22 heavy (non-hydrogen) atoms. The van der Waals surface area contributed by atoms with Gasteiger partial charge in [0.1, 0.15) is 0 Å². The van der Waals surface area contributed by atoms with Gasteiger partial charge in [-0.1, -0.05) is 25.0 Å². The Hall–Kier alpha value is -1.39. The first kappa shape index (κ1) is 15.5. The minimum atomic E-state index is -0.237. The number of carbonyl (C=O) groups is 1. The van der Waals surface area contributed by atoms with Crippen molar-refractivity contribution in [3.05, 3.63) is 29.8 Å². The van der Waals surface area contributed by atoms with E-state index in [-0.39, 0.29) is 24.1 Å². The first-order chi connectivity index (χ1) is 10.6. The number of rotatable bonds is 4. The first-order valence-corrected chi connectivity index (χ1v) is 8.49. The van der Waals surface area contributed by atoms with Gasteiger partial charge in [-0.15, -0.1) is 0 Å². The third-order valence-corrected chi connectivity index (χ3v) is 4.95. The summed E-state index contributed by atoms with van der Waals surface area (Å²) in [7, 11) is 0. The monoisotopic (exact) mass is 302 g/mol. The quantitative estimate of drug-likeness (QED) is 0.899. The van der Waals surface area contributed by atoms with Crippen LogP contribution in [-0.4, -0.2) is 29.7 Å². The molecule has 0 spiro atoms. The molecule has 1 saturated heterocycles. The van der Waals surface area contributed by atoms with Crippen LogP contribution in [0.3, 0.4) is 0 Å². The molecule has 1 aromatic rings. The summed E-state index contributed by atoms with van der Waals surface area (Å²) in [6, 6.07) is 8.59. The molecule has 120 valence electrons.